The predicted octanol–water partition coefficient (Wildman–Crippen LogP) is 3.88. The van der Waals surface area contributed by atoms with Crippen LogP contribution in [0, 0.1) is 13.8 Å². The number of urea groups is 1. The van der Waals surface area contributed by atoms with Crippen molar-refractivity contribution in [3.8, 4) is 0 Å². The number of carbonyl (C=O) groups is 1. The molecule has 1 fully saturated rings. The number of amides is 2. The molecule has 0 aliphatic carbocycles. The highest BCUT2D eigenvalue weighted by Crippen LogP contribution is 2.23. The monoisotopic (exact) mass is 376 g/mol. The van der Waals surface area contributed by atoms with Crippen molar-refractivity contribution in [2.24, 2.45) is 0 Å². The molecule has 1 aromatic heterocycles. The SMILES string of the molecule is Cc1ccc(NC(=O)N2CCC(n3cnc4ccccc4c3=O)CC2)cc1C. The van der Waals surface area contributed by atoms with Crippen LogP contribution >= 0.6 is 0 Å². The second kappa shape index (κ2) is 7.46. The van der Waals surface area contributed by atoms with Gasteiger partial charge in [-0.3, -0.25) is 9.36 Å². The number of piperidine rings is 1. The van der Waals surface area contributed by atoms with E-state index in [0.29, 0.717) is 24.0 Å². The molecule has 0 saturated carbocycles. The summed E-state index contributed by atoms with van der Waals surface area (Å²) in [6, 6.07) is 13.3. The maximum Gasteiger partial charge on any atom is 0.321 e. The topological polar surface area (TPSA) is 67.2 Å². The van der Waals surface area contributed by atoms with Crippen molar-refractivity contribution in [2.75, 3.05) is 18.4 Å². The Kier molecular flexibility index (Phi) is 4.86. The standard InChI is InChI=1S/C22H24N4O2/c1-15-7-8-17(13-16(15)2)24-22(28)25-11-9-18(10-12-25)26-14-23-20-6-4-3-5-19(20)21(26)27/h3-8,13-14,18H,9-12H2,1-2H3,(H,24,28). The molecule has 0 atom stereocenters. The lowest BCUT2D eigenvalue weighted by Crippen LogP contribution is -2.42. The number of hydrogen-bond donors (Lipinski definition) is 1. The quantitative estimate of drug-likeness (QED) is 0.738. The number of benzene rings is 2. The van der Waals surface area contributed by atoms with E-state index in [0.717, 1.165) is 24.1 Å². The number of carbonyl (C=O) groups excluding carboxylic acids is 1. The molecular weight excluding hydrogens is 352 g/mol. The smallest absolute Gasteiger partial charge is 0.321 e. The normalized spacial score (nSPS) is 15.0. The zero-order chi connectivity index (χ0) is 19.7. The van der Waals surface area contributed by atoms with Crippen LogP contribution in [0.3, 0.4) is 0 Å². The summed E-state index contributed by atoms with van der Waals surface area (Å²) in [7, 11) is 0. The van der Waals surface area contributed by atoms with Crippen molar-refractivity contribution in [3.63, 3.8) is 0 Å². The number of anilines is 1. The summed E-state index contributed by atoms with van der Waals surface area (Å²) < 4.78 is 1.72. The molecular formula is C22H24N4O2. The lowest BCUT2D eigenvalue weighted by atomic mass is 10.0. The van der Waals surface area contributed by atoms with Crippen LogP contribution in [0.25, 0.3) is 10.9 Å². The molecule has 6 nitrogen and oxygen atoms in total. The third-order valence-corrected chi connectivity index (χ3v) is 5.59. The molecule has 0 unspecified atom stereocenters. The van der Waals surface area contributed by atoms with E-state index >= 15 is 0 Å². The summed E-state index contributed by atoms with van der Waals surface area (Å²) in [5.74, 6) is 0. The Morgan fingerprint density at radius 1 is 1.07 bits per heavy atom. The highest BCUT2D eigenvalue weighted by Gasteiger charge is 2.25. The zero-order valence-electron chi connectivity index (χ0n) is 16.2. The first-order valence-corrected chi connectivity index (χ1v) is 9.62. The van der Waals surface area contributed by atoms with Gasteiger partial charge in [0.15, 0.2) is 0 Å². The van der Waals surface area contributed by atoms with E-state index < -0.39 is 0 Å². The van der Waals surface area contributed by atoms with E-state index in [4.69, 9.17) is 0 Å². The van der Waals surface area contributed by atoms with E-state index in [1.807, 2.05) is 54.3 Å². The fourth-order valence-corrected chi connectivity index (χ4v) is 3.71. The Balaban J connectivity index is 1.43. The van der Waals surface area contributed by atoms with Gasteiger partial charge in [-0.15, -0.1) is 0 Å². The fourth-order valence-electron chi connectivity index (χ4n) is 3.71. The molecule has 1 saturated heterocycles. The molecule has 6 heteroatoms. The number of aryl methyl sites for hydroxylation is 2. The Bertz CT molecular complexity index is 1080. The molecule has 0 bridgehead atoms. The van der Waals surface area contributed by atoms with Gasteiger partial charge in [0.1, 0.15) is 0 Å². The van der Waals surface area contributed by atoms with Crippen LogP contribution < -0.4 is 10.9 Å². The van der Waals surface area contributed by atoms with Crippen molar-refractivity contribution in [3.05, 3.63) is 70.3 Å². The summed E-state index contributed by atoms with van der Waals surface area (Å²) in [6.45, 7) is 5.31. The minimum absolute atomic E-state index is 0.0105. The van der Waals surface area contributed by atoms with Crippen molar-refractivity contribution in [1.29, 1.82) is 0 Å². The molecule has 3 aromatic rings. The molecule has 144 valence electrons. The van der Waals surface area contributed by atoms with Gasteiger partial charge in [0, 0.05) is 24.8 Å². The van der Waals surface area contributed by atoms with Gasteiger partial charge in [0.2, 0.25) is 0 Å². The summed E-state index contributed by atoms with van der Waals surface area (Å²) in [5, 5.41) is 3.61. The van der Waals surface area contributed by atoms with Crippen molar-refractivity contribution >= 4 is 22.6 Å². The van der Waals surface area contributed by atoms with Gasteiger partial charge in [0.25, 0.3) is 5.56 Å². The van der Waals surface area contributed by atoms with Crippen LogP contribution in [0.15, 0.2) is 53.6 Å². The van der Waals surface area contributed by atoms with Gasteiger partial charge in [-0.1, -0.05) is 18.2 Å². The number of para-hydroxylation sites is 1. The second-order valence-corrected chi connectivity index (χ2v) is 7.42. The number of hydrogen-bond acceptors (Lipinski definition) is 3. The highest BCUT2D eigenvalue weighted by molar-refractivity contribution is 5.89. The molecule has 28 heavy (non-hydrogen) atoms. The van der Waals surface area contributed by atoms with Crippen LogP contribution in [0.2, 0.25) is 0 Å². The molecule has 2 amide bonds. The lowest BCUT2D eigenvalue weighted by Gasteiger charge is -2.32. The number of fused-ring (bicyclic) bond motifs is 1. The van der Waals surface area contributed by atoms with Crippen LogP contribution in [-0.4, -0.2) is 33.6 Å². The van der Waals surface area contributed by atoms with E-state index in [9.17, 15) is 9.59 Å². The summed E-state index contributed by atoms with van der Waals surface area (Å²) in [5.41, 5.74) is 3.87. The molecule has 1 aliphatic heterocycles. The summed E-state index contributed by atoms with van der Waals surface area (Å²) >= 11 is 0. The molecule has 0 radical (unpaired) electrons. The van der Waals surface area contributed by atoms with Gasteiger partial charge in [-0.05, 0) is 62.1 Å². The Morgan fingerprint density at radius 3 is 2.57 bits per heavy atom. The van der Waals surface area contributed by atoms with Crippen molar-refractivity contribution < 1.29 is 4.79 Å². The van der Waals surface area contributed by atoms with Gasteiger partial charge in [-0.25, -0.2) is 9.78 Å². The Hall–Kier alpha value is -3.15. The number of nitrogens with zero attached hydrogens (tertiary/aromatic N) is 3. The van der Waals surface area contributed by atoms with Gasteiger partial charge < -0.3 is 10.2 Å². The van der Waals surface area contributed by atoms with Crippen LogP contribution in [0.4, 0.5) is 10.5 Å². The number of nitrogens with one attached hydrogen (secondary N) is 1. The van der Waals surface area contributed by atoms with Crippen molar-refractivity contribution in [2.45, 2.75) is 32.7 Å². The first kappa shape index (κ1) is 18.2. The molecule has 0 spiro atoms. The molecule has 2 heterocycles. The Labute approximate surface area is 163 Å². The first-order valence-electron chi connectivity index (χ1n) is 9.62. The van der Waals surface area contributed by atoms with Crippen LogP contribution in [0.1, 0.15) is 30.0 Å². The van der Waals surface area contributed by atoms with Gasteiger partial charge >= 0.3 is 6.03 Å². The summed E-state index contributed by atoms with van der Waals surface area (Å²) in [4.78, 5) is 31.6. The number of rotatable bonds is 2. The predicted molar refractivity (Wildman–Crippen MR) is 111 cm³/mol. The van der Waals surface area contributed by atoms with E-state index in [1.165, 1.54) is 5.56 Å². The molecule has 2 aromatic carbocycles. The minimum Gasteiger partial charge on any atom is -0.324 e. The summed E-state index contributed by atoms with van der Waals surface area (Å²) in [6.07, 6.45) is 3.11. The van der Waals surface area contributed by atoms with E-state index in [1.54, 1.807) is 10.9 Å². The van der Waals surface area contributed by atoms with E-state index in [-0.39, 0.29) is 17.6 Å². The average molecular weight is 376 g/mol. The minimum atomic E-state index is -0.0920. The fraction of sp³-hybridized carbons (Fsp3) is 0.318. The van der Waals surface area contributed by atoms with E-state index in [2.05, 4.69) is 17.2 Å². The van der Waals surface area contributed by atoms with Crippen LogP contribution in [-0.2, 0) is 0 Å². The number of likely N-dealkylation sites (tertiary alicyclic amines) is 1. The lowest BCUT2D eigenvalue weighted by molar-refractivity contribution is 0.182. The van der Waals surface area contributed by atoms with Crippen LogP contribution in [0.5, 0.6) is 0 Å². The first-order chi connectivity index (χ1) is 13.5. The highest BCUT2D eigenvalue weighted by atomic mass is 16.2. The van der Waals surface area contributed by atoms with Gasteiger partial charge in [0.05, 0.1) is 17.2 Å². The third kappa shape index (κ3) is 3.50. The molecule has 4 rings (SSSR count). The third-order valence-electron chi connectivity index (χ3n) is 5.59. The maximum atomic E-state index is 12.8. The maximum absolute atomic E-state index is 12.8. The molecule has 1 aliphatic rings. The molecule has 1 N–H and O–H groups in total. The number of aromatic nitrogens is 2. The zero-order valence-corrected chi connectivity index (χ0v) is 16.2. The van der Waals surface area contributed by atoms with Gasteiger partial charge in [-0.2, -0.15) is 0 Å². The second-order valence-electron chi connectivity index (χ2n) is 7.42. The average Bonchev–Trinajstić information content (AvgIpc) is 2.71. The Morgan fingerprint density at radius 2 is 1.82 bits per heavy atom. The van der Waals surface area contributed by atoms with Crippen molar-refractivity contribution in [1.82, 2.24) is 14.5 Å². The largest absolute Gasteiger partial charge is 0.324 e.